The van der Waals surface area contributed by atoms with Gasteiger partial charge in [0, 0.05) is 13.1 Å². The van der Waals surface area contributed by atoms with Crippen molar-refractivity contribution in [2.75, 3.05) is 24.4 Å². The van der Waals surface area contributed by atoms with Crippen molar-refractivity contribution in [1.29, 1.82) is 0 Å². The van der Waals surface area contributed by atoms with E-state index in [1.807, 2.05) is 0 Å². The Kier molecular flexibility index (Phi) is 15.0. The summed E-state index contributed by atoms with van der Waals surface area (Å²) in [4.78, 5) is -0.373. The molecule has 0 fully saturated rings. The molecular weight excluding hydrogens is 560 g/mol. The van der Waals surface area contributed by atoms with Crippen LogP contribution in [0.2, 0.25) is 5.02 Å². The number of hydrogen-bond donors (Lipinski definition) is 2. The van der Waals surface area contributed by atoms with Crippen LogP contribution in [0.1, 0.15) is 85.0 Å². The third kappa shape index (κ3) is 11.2. The van der Waals surface area contributed by atoms with Gasteiger partial charge in [-0.25, -0.2) is 8.42 Å². The van der Waals surface area contributed by atoms with E-state index in [4.69, 9.17) is 20.5 Å². The lowest BCUT2D eigenvalue weighted by Gasteiger charge is -2.20. The van der Waals surface area contributed by atoms with E-state index in [9.17, 15) is 17.7 Å². The fourth-order valence-corrected chi connectivity index (χ4v) is 6.61. The number of halogens is 1. The summed E-state index contributed by atoms with van der Waals surface area (Å²) in [6.07, 6.45) is 12.7. The molecule has 0 saturated carbocycles. The molecule has 0 aliphatic rings. The minimum atomic E-state index is -3.99. The summed E-state index contributed by atoms with van der Waals surface area (Å²) in [7, 11) is -3.99. The average Bonchev–Trinajstić information content (AvgIpc) is 2.90. The lowest BCUT2D eigenvalue weighted by atomic mass is 10.1. The molecule has 220 valence electrons. The number of aromatic hydroxyl groups is 1. The number of sulfonamides is 1. The molecule has 2 rings (SSSR count). The molecular formula is C28H43ClN2O6S2. The van der Waals surface area contributed by atoms with Gasteiger partial charge in [-0.1, -0.05) is 90.2 Å². The Morgan fingerprint density at radius 1 is 0.872 bits per heavy atom. The molecule has 1 unspecified atom stereocenters. The van der Waals surface area contributed by atoms with Gasteiger partial charge >= 0.3 is 11.3 Å². The van der Waals surface area contributed by atoms with Crippen molar-refractivity contribution in [2.45, 2.75) is 89.9 Å². The van der Waals surface area contributed by atoms with E-state index in [2.05, 4.69) is 11.6 Å². The Hall–Kier alpha value is -2.01. The smallest absolute Gasteiger partial charge is 0.316 e. The van der Waals surface area contributed by atoms with Gasteiger partial charge in [-0.05, 0) is 42.8 Å². The van der Waals surface area contributed by atoms with E-state index in [0.29, 0.717) is 18.1 Å². The predicted molar refractivity (Wildman–Crippen MR) is 159 cm³/mol. The van der Waals surface area contributed by atoms with Gasteiger partial charge in [0.15, 0.2) is 5.75 Å². The second-order valence-electron chi connectivity index (χ2n) is 9.32. The van der Waals surface area contributed by atoms with E-state index in [0.717, 1.165) is 12.8 Å². The zero-order valence-corrected chi connectivity index (χ0v) is 25.7. The lowest BCUT2D eigenvalue weighted by Crippen LogP contribution is -2.30. The Bertz CT molecular complexity index is 1130. The molecule has 2 aromatic carbocycles. The van der Waals surface area contributed by atoms with E-state index < -0.39 is 27.0 Å². The highest BCUT2D eigenvalue weighted by molar-refractivity contribution is 7.89. The molecule has 39 heavy (non-hydrogen) atoms. The van der Waals surface area contributed by atoms with Gasteiger partial charge in [-0.15, -0.1) is 0 Å². The number of rotatable bonds is 20. The van der Waals surface area contributed by atoms with Crippen LogP contribution in [0.4, 0.5) is 5.69 Å². The first kappa shape index (κ1) is 33.2. The van der Waals surface area contributed by atoms with Crippen molar-refractivity contribution >= 4 is 38.6 Å². The normalized spacial score (nSPS) is 12.4. The third-order valence-corrected chi connectivity index (χ3v) is 9.41. The zero-order chi connectivity index (χ0) is 28.7. The summed E-state index contributed by atoms with van der Waals surface area (Å²) in [6.45, 7) is 6.72. The summed E-state index contributed by atoms with van der Waals surface area (Å²) in [5, 5.41) is 10.1. The van der Waals surface area contributed by atoms with Crippen molar-refractivity contribution in [3.63, 3.8) is 0 Å². The molecule has 0 saturated heterocycles. The van der Waals surface area contributed by atoms with Crippen molar-refractivity contribution in [2.24, 2.45) is 0 Å². The van der Waals surface area contributed by atoms with Crippen LogP contribution in [-0.4, -0.2) is 41.7 Å². The molecule has 0 aliphatic carbocycles. The number of ether oxygens (including phenoxy) is 1. The van der Waals surface area contributed by atoms with Crippen LogP contribution in [0.5, 0.6) is 17.2 Å². The molecule has 0 aromatic heterocycles. The van der Waals surface area contributed by atoms with Gasteiger partial charge in [0.2, 0.25) is 10.0 Å². The van der Waals surface area contributed by atoms with Crippen molar-refractivity contribution in [3.05, 3.63) is 41.4 Å². The zero-order valence-electron chi connectivity index (χ0n) is 23.3. The number of phenolic OH excluding ortho intramolecular Hbond substituents is 1. The molecule has 1 atom stereocenters. The molecule has 11 heteroatoms. The van der Waals surface area contributed by atoms with Gasteiger partial charge in [0.1, 0.15) is 16.4 Å². The Morgan fingerprint density at radius 2 is 1.41 bits per heavy atom. The van der Waals surface area contributed by atoms with Crippen LogP contribution in [0, 0.1) is 0 Å². The maximum atomic E-state index is 12.9. The second-order valence-corrected chi connectivity index (χ2v) is 12.5. The number of nitrogens with zero attached hydrogens (tertiary/aromatic N) is 1. The summed E-state index contributed by atoms with van der Waals surface area (Å²) in [5.74, 6) is 0.482. The van der Waals surface area contributed by atoms with E-state index in [1.54, 1.807) is 38.1 Å². The summed E-state index contributed by atoms with van der Waals surface area (Å²) in [5.41, 5.74) is 0.123. The molecule has 0 aliphatic heterocycles. The molecule has 8 nitrogen and oxygen atoms in total. The van der Waals surface area contributed by atoms with E-state index in [-0.39, 0.29) is 28.7 Å². The first-order valence-electron chi connectivity index (χ1n) is 13.8. The van der Waals surface area contributed by atoms with Crippen molar-refractivity contribution in [3.8, 4) is 17.2 Å². The molecule has 0 bridgehead atoms. The molecule has 0 spiro atoms. The highest BCUT2D eigenvalue weighted by Gasteiger charge is 2.27. The van der Waals surface area contributed by atoms with Gasteiger partial charge < -0.3 is 14.0 Å². The summed E-state index contributed by atoms with van der Waals surface area (Å²) in [6, 6.07) is 9.25. The molecule has 2 N–H and O–H groups in total. The number of benzene rings is 2. The SMILES string of the molecule is CCCCCCCCCCCCOc1ccc(OS(=O)Nc2cc(Cl)c(O)c(S(=O)(=O)N(CC)CC)c2)cc1. The predicted octanol–water partition coefficient (Wildman–Crippen LogP) is 7.45. The first-order chi connectivity index (χ1) is 18.7. The van der Waals surface area contributed by atoms with Crippen LogP contribution in [-0.2, 0) is 21.3 Å². The van der Waals surface area contributed by atoms with E-state index >= 15 is 0 Å². The number of phenols is 1. The number of unbranched alkanes of at least 4 members (excludes halogenated alkanes) is 9. The maximum absolute atomic E-state index is 12.9. The van der Waals surface area contributed by atoms with Gasteiger partial charge in [0.25, 0.3) is 0 Å². The number of anilines is 1. The summed E-state index contributed by atoms with van der Waals surface area (Å²) < 4.78 is 53.3. The van der Waals surface area contributed by atoms with Crippen molar-refractivity contribution < 1.29 is 26.7 Å². The second kappa shape index (κ2) is 17.6. The third-order valence-electron chi connectivity index (χ3n) is 6.32. The largest absolute Gasteiger partial charge is 0.505 e. The first-order valence-corrected chi connectivity index (χ1v) is 16.7. The topological polar surface area (TPSA) is 105 Å². The molecule has 2 aromatic rings. The Morgan fingerprint density at radius 3 is 1.97 bits per heavy atom. The fraction of sp³-hybridized carbons (Fsp3) is 0.571. The molecule has 0 heterocycles. The number of hydrogen-bond acceptors (Lipinski definition) is 6. The highest BCUT2D eigenvalue weighted by atomic mass is 35.5. The summed E-state index contributed by atoms with van der Waals surface area (Å²) >= 11 is 4.01. The average molecular weight is 603 g/mol. The Labute approximate surface area is 241 Å². The molecule has 0 radical (unpaired) electrons. The van der Waals surface area contributed by atoms with Gasteiger partial charge in [0.05, 0.1) is 17.3 Å². The van der Waals surface area contributed by atoms with E-state index in [1.165, 1.54) is 67.8 Å². The van der Waals surface area contributed by atoms with Crippen LogP contribution in [0.3, 0.4) is 0 Å². The van der Waals surface area contributed by atoms with Gasteiger partial charge in [-0.3, -0.25) is 4.72 Å². The highest BCUT2D eigenvalue weighted by Crippen LogP contribution is 2.36. The Balaban J connectivity index is 1.80. The quantitative estimate of drug-likeness (QED) is 0.120. The minimum absolute atomic E-state index is 0.123. The van der Waals surface area contributed by atoms with Crippen molar-refractivity contribution in [1.82, 2.24) is 4.31 Å². The molecule has 0 amide bonds. The number of nitrogens with one attached hydrogen (secondary N) is 1. The van der Waals surface area contributed by atoms with Crippen LogP contribution in [0.25, 0.3) is 0 Å². The maximum Gasteiger partial charge on any atom is 0.316 e. The monoisotopic (exact) mass is 602 g/mol. The standard InChI is InChI=1S/C28H43ClN2O6S2/c1-4-7-8-9-10-11-12-13-14-15-20-36-24-16-18-25(19-17-24)37-38(33)30-23-21-26(29)28(32)27(22-23)39(34,35)31(5-2)6-3/h16-19,21-22,30,32H,4-15,20H2,1-3H3. The van der Waals surface area contributed by atoms with Gasteiger partial charge in [-0.2, -0.15) is 8.51 Å². The minimum Gasteiger partial charge on any atom is -0.505 e. The van der Waals surface area contributed by atoms with Crippen LogP contribution >= 0.6 is 11.6 Å². The lowest BCUT2D eigenvalue weighted by molar-refractivity contribution is 0.304. The van der Waals surface area contributed by atoms with Crippen LogP contribution < -0.4 is 13.6 Å². The fourth-order valence-electron chi connectivity index (χ4n) is 4.11. The van der Waals surface area contributed by atoms with Crippen LogP contribution in [0.15, 0.2) is 41.3 Å².